The van der Waals surface area contributed by atoms with Gasteiger partial charge in [-0.1, -0.05) is 18.2 Å². The van der Waals surface area contributed by atoms with Crippen molar-refractivity contribution in [3.63, 3.8) is 0 Å². The molecule has 30 heavy (non-hydrogen) atoms. The van der Waals surface area contributed by atoms with Crippen LogP contribution in [0.3, 0.4) is 0 Å². The second-order valence-electron chi connectivity index (χ2n) is 7.35. The molecule has 2 aromatic carbocycles. The van der Waals surface area contributed by atoms with E-state index in [1.165, 1.54) is 0 Å². The number of aryl methyl sites for hydroxylation is 1. The third kappa shape index (κ3) is 3.26. The lowest BCUT2D eigenvalue weighted by molar-refractivity contribution is -0.122. The molecule has 1 unspecified atom stereocenters. The van der Waals surface area contributed by atoms with Gasteiger partial charge in [-0.05, 0) is 31.2 Å². The standard InChI is InChI=1S/C22H20N4O4/c1-14-9-20(26(24-14)16-5-3-2-4-6-16)23-22(28)15-10-21(27)25(12-15)17-7-8-18-19(11-17)30-13-29-18/h2-9,11,15H,10,12-13H2,1H3,(H,23,28). The Morgan fingerprint density at radius 1 is 1.07 bits per heavy atom. The van der Waals surface area contributed by atoms with Crippen LogP contribution in [0.1, 0.15) is 12.1 Å². The monoisotopic (exact) mass is 404 g/mol. The first kappa shape index (κ1) is 18.2. The van der Waals surface area contributed by atoms with Gasteiger partial charge in [0.05, 0.1) is 17.3 Å². The number of benzene rings is 2. The van der Waals surface area contributed by atoms with E-state index in [1.54, 1.807) is 27.8 Å². The summed E-state index contributed by atoms with van der Waals surface area (Å²) < 4.78 is 12.4. The van der Waals surface area contributed by atoms with Crippen molar-refractivity contribution in [2.75, 3.05) is 23.6 Å². The summed E-state index contributed by atoms with van der Waals surface area (Å²) in [7, 11) is 0. The van der Waals surface area contributed by atoms with E-state index in [0.29, 0.717) is 29.5 Å². The second kappa shape index (κ2) is 7.22. The molecular formula is C22H20N4O4. The minimum Gasteiger partial charge on any atom is -0.454 e. The molecule has 0 aliphatic carbocycles. The highest BCUT2D eigenvalue weighted by Gasteiger charge is 2.36. The van der Waals surface area contributed by atoms with Crippen LogP contribution in [0.2, 0.25) is 0 Å². The van der Waals surface area contributed by atoms with Gasteiger partial charge >= 0.3 is 0 Å². The van der Waals surface area contributed by atoms with Crippen LogP contribution in [0.25, 0.3) is 5.69 Å². The molecule has 2 aliphatic heterocycles. The lowest BCUT2D eigenvalue weighted by Gasteiger charge is -2.17. The summed E-state index contributed by atoms with van der Waals surface area (Å²) in [5.74, 6) is 1.09. The topological polar surface area (TPSA) is 85.7 Å². The molecule has 8 nitrogen and oxygen atoms in total. The fourth-order valence-electron chi connectivity index (χ4n) is 3.77. The summed E-state index contributed by atoms with van der Waals surface area (Å²) in [6.45, 7) is 2.35. The second-order valence-corrected chi connectivity index (χ2v) is 7.35. The third-order valence-corrected chi connectivity index (χ3v) is 5.25. The van der Waals surface area contributed by atoms with Crippen molar-refractivity contribution in [2.24, 2.45) is 5.92 Å². The smallest absolute Gasteiger partial charge is 0.231 e. The van der Waals surface area contributed by atoms with Crippen LogP contribution in [0.15, 0.2) is 54.6 Å². The van der Waals surface area contributed by atoms with Crippen LogP contribution in [-0.2, 0) is 9.59 Å². The van der Waals surface area contributed by atoms with E-state index >= 15 is 0 Å². The highest BCUT2D eigenvalue weighted by atomic mass is 16.7. The average molecular weight is 404 g/mol. The first-order chi connectivity index (χ1) is 14.6. The number of hydrogen-bond acceptors (Lipinski definition) is 5. The van der Waals surface area contributed by atoms with Crippen LogP contribution in [0.5, 0.6) is 11.5 Å². The van der Waals surface area contributed by atoms with Crippen molar-refractivity contribution >= 4 is 23.3 Å². The van der Waals surface area contributed by atoms with Crippen LogP contribution in [-0.4, -0.2) is 34.9 Å². The lowest BCUT2D eigenvalue weighted by atomic mass is 10.1. The molecule has 0 radical (unpaired) electrons. The van der Waals surface area contributed by atoms with Crippen molar-refractivity contribution in [3.8, 4) is 17.2 Å². The maximum Gasteiger partial charge on any atom is 0.231 e. The number of carbonyl (C=O) groups is 2. The van der Waals surface area contributed by atoms with Crippen LogP contribution in [0, 0.1) is 12.8 Å². The maximum absolute atomic E-state index is 12.9. The number of nitrogens with zero attached hydrogens (tertiary/aromatic N) is 3. The van der Waals surface area contributed by atoms with Crippen LogP contribution in [0.4, 0.5) is 11.5 Å². The summed E-state index contributed by atoms with van der Waals surface area (Å²) in [6.07, 6.45) is 0.152. The van der Waals surface area contributed by atoms with Crippen molar-refractivity contribution in [3.05, 3.63) is 60.3 Å². The first-order valence-electron chi connectivity index (χ1n) is 9.71. The number of amides is 2. The van der Waals surface area contributed by atoms with Gasteiger partial charge < -0.3 is 19.7 Å². The average Bonchev–Trinajstić information content (AvgIpc) is 3.46. The molecule has 0 bridgehead atoms. The summed E-state index contributed by atoms with van der Waals surface area (Å²) in [5.41, 5.74) is 2.34. The van der Waals surface area contributed by atoms with Gasteiger partial charge in [0.25, 0.3) is 0 Å². The van der Waals surface area contributed by atoms with E-state index in [9.17, 15) is 9.59 Å². The highest BCUT2D eigenvalue weighted by molar-refractivity contribution is 6.03. The number of hydrogen-bond donors (Lipinski definition) is 1. The Labute approximate surface area is 173 Å². The van der Waals surface area contributed by atoms with Gasteiger partial charge in [-0.2, -0.15) is 5.10 Å². The molecule has 1 saturated heterocycles. The Kier molecular flexibility index (Phi) is 4.39. The van der Waals surface area contributed by atoms with Gasteiger partial charge in [-0.25, -0.2) is 4.68 Å². The fourth-order valence-corrected chi connectivity index (χ4v) is 3.77. The van der Waals surface area contributed by atoms with Crippen molar-refractivity contribution in [2.45, 2.75) is 13.3 Å². The number of carbonyl (C=O) groups excluding carboxylic acids is 2. The lowest BCUT2D eigenvalue weighted by Crippen LogP contribution is -2.28. The van der Waals surface area contributed by atoms with Crippen molar-refractivity contribution in [1.29, 1.82) is 0 Å². The molecular weight excluding hydrogens is 384 g/mol. The largest absolute Gasteiger partial charge is 0.454 e. The summed E-state index contributed by atoms with van der Waals surface area (Å²) in [5, 5.41) is 7.41. The van der Waals surface area contributed by atoms with Crippen molar-refractivity contribution in [1.82, 2.24) is 9.78 Å². The Morgan fingerprint density at radius 3 is 2.70 bits per heavy atom. The van der Waals surface area contributed by atoms with Crippen LogP contribution < -0.4 is 19.7 Å². The van der Waals surface area contributed by atoms with Gasteiger partial charge in [0.1, 0.15) is 5.82 Å². The Morgan fingerprint density at radius 2 is 1.87 bits per heavy atom. The van der Waals surface area contributed by atoms with Gasteiger partial charge in [-0.15, -0.1) is 0 Å². The number of rotatable bonds is 4. The summed E-state index contributed by atoms with van der Waals surface area (Å²) >= 11 is 0. The van der Waals surface area contributed by atoms with E-state index in [2.05, 4.69) is 10.4 Å². The Bertz CT molecular complexity index is 1130. The number of ether oxygens (including phenoxy) is 2. The van der Waals surface area contributed by atoms with Crippen molar-refractivity contribution < 1.29 is 19.1 Å². The van der Waals surface area contributed by atoms with Gasteiger partial charge in [0.15, 0.2) is 11.5 Å². The molecule has 3 aromatic rings. The molecule has 1 aromatic heterocycles. The molecule has 5 rings (SSSR count). The molecule has 152 valence electrons. The molecule has 1 fully saturated rings. The number of nitrogens with one attached hydrogen (secondary N) is 1. The Hall–Kier alpha value is -3.81. The van der Waals surface area contributed by atoms with Crippen LogP contribution >= 0.6 is 0 Å². The first-order valence-corrected chi connectivity index (χ1v) is 9.71. The SMILES string of the molecule is Cc1cc(NC(=O)C2CC(=O)N(c3ccc4c(c3)OCO4)C2)n(-c2ccccc2)n1. The van der Waals surface area contributed by atoms with E-state index in [1.807, 2.05) is 43.3 Å². The molecule has 3 heterocycles. The summed E-state index contributed by atoms with van der Waals surface area (Å²) in [4.78, 5) is 27.1. The summed E-state index contributed by atoms with van der Waals surface area (Å²) in [6, 6.07) is 16.8. The number of anilines is 2. The molecule has 0 spiro atoms. The van der Waals surface area contributed by atoms with Gasteiger partial charge in [0.2, 0.25) is 18.6 Å². The molecule has 2 amide bonds. The zero-order chi connectivity index (χ0) is 20.7. The molecule has 0 saturated carbocycles. The van der Waals surface area contributed by atoms with Gasteiger partial charge in [0, 0.05) is 30.8 Å². The van der Waals surface area contributed by atoms with E-state index < -0.39 is 5.92 Å². The minimum atomic E-state index is -0.456. The zero-order valence-electron chi connectivity index (χ0n) is 16.4. The number of aromatic nitrogens is 2. The fraction of sp³-hybridized carbons (Fsp3) is 0.227. The maximum atomic E-state index is 12.9. The van der Waals surface area contributed by atoms with E-state index in [-0.39, 0.29) is 25.0 Å². The minimum absolute atomic E-state index is 0.0956. The van der Waals surface area contributed by atoms with E-state index in [4.69, 9.17) is 9.47 Å². The van der Waals surface area contributed by atoms with Gasteiger partial charge in [-0.3, -0.25) is 9.59 Å². The quantitative estimate of drug-likeness (QED) is 0.723. The predicted molar refractivity (Wildman–Crippen MR) is 110 cm³/mol. The molecule has 1 N–H and O–H groups in total. The number of para-hydroxylation sites is 1. The normalized spacial score (nSPS) is 17.4. The number of fused-ring (bicyclic) bond motifs is 1. The zero-order valence-corrected chi connectivity index (χ0v) is 16.4. The Balaban J connectivity index is 1.33. The molecule has 1 atom stereocenters. The predicted octanol–water partition coefficient (Wildman–Crippen LogP) is 2.90. The highest BCUT2D eigenvalue weighted by Crippen LogP contribution is 2.37. The third-order valence-electron chi connectivity index (χ3n) is 5.25. The molecule has 8 heteroatoms. The molecule has 2 aliphatic rings. The van der Waals surface area contributed by atoms with E-state index in [0.717, 1.165) is 11.4 Å².